The lowest BCUT2D eigenvalue weighted by atomic mass is 9.97. The van der Waals surface area contributed by atoms with Crippen LogP contribution in [0.2, 0.25) is 0 Å². The highest BCUT2D eigenvalue weighted by molar-refractivity contribution is 5.68. The summed E-state index contributed by atoms with van der Waals surface area (Å²) in [6.45, 7) is 4.06. The van der Waals surface area contributed by atoms with Crippen molar-refractivity contribution in [1.82, 2.24) is 0 Å². The van der Waals surface area contributed by atoms with E-state index in [2.05, 4.69) is 10.0 Å². The van der Waals surface area contributed by atoms with Gasteiger partial charge in [0.2, 0.25) is 0 Å². The zero-order valence-corrected chi connectivity index (χ0v) is 14.6. The number of rotatable bonds is 6. The molecule has 0 spiro atoms. The highest BCUT2D eigenvalue weighted by atomic mass is 16.7. The normalized spacial score (nSPS) is 27.5. The first-order chi connectivity index (χ1) is 12.1. The van der Waals surface area contributed by atoms with Gasteiger partial charge in [-0.25, -0.2) is 0 Å². The Bertz CT molecular complexity index is 617. The van der Waals surface area contributed by atoms with Gasteiger partial charge >= 0.3 is 23.9 Å². The van der Waals surface area contributed by atoms with Gasteiger partial charge < -0.3 is 23.7 Å². The van der Waals surface area contributed by atoms with Crippen LogP contribution < -0.4 is 0 Å². The highest BCUT2D eigenvalue weighted by Gasteiger charge is 2.51. The van der Waals surface area contributed by atoms with Crippen LogP contribution in [-0.2, 0) is 42.9 Å². The van der Waals surface area contributed by atoms with Crippen molar-refractivity contribution in [2.24, 2.45) is 5.11 Å². The molecule has 0 aliphatic carbocycles. The Morgan fingerprint density at radius 3 is 1.85 bits per heavy atom. The summed E-state index contributed by atoms with van der Waals surface area (Å²) in [7, 11) is 0. The second-order valence-electron chi connectivity index (χ2n) is 5.29. The standard InChI is InChI=1S/C14H19N3O9/c1-6(18)22-5-10-11(23-7(2)19)12(24-8(3)20)13(25-9(4)21)14(26-10)16-17-15/h10-14H,5H2,1-4H3/t10-,11-,12+,13-,14?/m1/s1. The molecule has 0 N–H and O–H groups in total. The first-order valence-corrected chi connectivity index (χ1v) is 7.50. The van der Waals surface area contributed by atoms with Gasteiger partial charge in [0.15, 0.2) is 24.5 Å². The molecule has 12 nitrogen and oxygen atoms in total. The van der Waals surface area contributed by atoms with Gasteiger partial charge in [-0.3, -0.25) is 19.2 Å². The summed E-state index contributed by atoms with van der Waals surface area (Å²) in [5.41, 5.74) is 8.71. The summed E-state index contributed by atoms with van der Waals surface area (Å²) < 4.78 is 25.6. The molecular formula is C14H19N3O9. The van der Waals surface area contributed by atoms with Crippen molar-refractivity contribution in [2.75, 3.05) is 6.61 Å². The van der Waals surface area contributed by atoms with E-state index in [1.165, 1.54) is 0 Å². The number of ether oxygens (including phenoxy) is 5. The Hall–Kier alpha value is -2.85. The van der Waals surface area contributed by atoms with E-state index in [1.54, 1.807) is 0 Å². The van der Waals surface area contributed by atoms with Crippen molar-refractivity contribution in [1.29, 1.82) is 0 Å². The number of esters is 4. The summed E-state index contributed by atoms with van der Waals surface area (Å²) in [6, 6.07) is 0. The van der Waals surface area contributed by atoms with Gasteiger partial charge in [-0.15, -0.1) is 0 Å². The number of carbonyl (C=O) groups excluding carboxylic acids is 4. The Labute approximate surface area is 148 Å². The molecule has 144 valence electrons. The van der Waals surface area contributed by atoms with Crippen molar-refractivity contribution in [2.45, 2.75) is 58.3 Å². The molecule has 1 unspecified atom stereocenters. The van der Waals surface area contributed by atoms with Crippen LogP contribution in [0.3, 0.4) is 0 Å². The number of carbonyl (C=O) groups is 4. The molecule has 0 aromatic carbocycles. The van der Waals surface area contributed by atoms with Crippen LogP contribution in [0, 0.1) is 0 Å². The minimum absolute atomic E-state index is 0.380. The fraction of sp³-hybridized carbons (Fsp3) is 0.714. The number of azide groups is 1. The van der Waals surface area contributed by atoms with E-state index in [4.69, 9.17) is 29.2 Å². The zero-order valence-electron chi connectivity index (χ0n) is 14.6. The third-order valence-electron chi connectivity index (χ3n) is 3.13. The lowest BCUT2D eigenvalue weighted by Crippen LogP contribution is -2.61. The third kappa shape index (κ3) is 6.22. The van der Waals surface area contributed by atoms with Crippen LogP contribution in [0.25, 0.3) is 10.4 Å². The van der Waals surface area contributed by atoms with Gasteiger partial charge in [-0.05, 0) is 5.53 Å². The Balaban J connectivity index is 3.28. The molecule has 1 aliphatic heterocycles. The molecular weight excluding hydrogens is 354 g/mol. The van der Waals surface area contributed by atoms with Crippen LogP contribution >= 0.6 is 0 Å². The zero-order chi connectivity index (χ0) is 19.9. The first-order valence-electron chi connectivity index (χ1n) is 7.50. The second-order valence-corrected chi connectivity index (χ2v) is 5.29. The average Bonchev–Trinajstić information content (AvgIpc) is 2.50. The minimum Gasteiger partial charge on any atom is -0.463 e. The molecule has 1 fully saturated rings. The molecule has 1 saturated heterocycles. The molecule has 1 aliphatic rings. The van der Waals surface area contributed by atoms with Gasteiger partial charge in [0.1, 0.15) is 12.7 Å². The number of hydrogen-bond acceptors (Lipinski definition) is 10. The van der Waals surface area contributed by atoms with E-state index in [-0.39, 0.29) is 6.61 Å². The summed E-state index contributed by atoms with van der Waals surface area (Å²) in [4.78, 5) is 48.0. The smallest absolute Gasteiger partial charge is 0.303 e. The van der Waals surface area contributed by atoms with Crippen molar-refractivity contribution in [3.63, 3.8) is 0 Å². The van der Waals surface area contributed by atoms with Gasteiger partial charge in [0, 0.05) is 32.6 Å². The van der Waals surface area contributed by atoms with E-state index in [0.717, 1.165) is 27.7 Å². The van der Waals surface area contributed by atoms with Crippen LogP contribution in [-0.4, -0.2) is 61.1 Å². The molecule has 12 heteroatoms. The SMILES string of the molecule is CC(=O)OC[C@H]1OC(N=[N+]=[N-])[C@H](OC(C)=O)[C@@H](OC(C)=O)[C@@H]1OC(C)=O. The fourth-order valence-corrected chi connectivity index (χ4v) is 2.35. The molecule has 5 atom stereocenters. The van der Waals surface area contributed by atoms with E-state index < -0.39 is 54.5 Å². The van der Waals surface area contributed by atoms with Crippen molar-refractivity contribution in [3.8, 4) is 0 Å². The van der Waals surface area contributed by atoms with Crippen LogP contribution in [0.1, 0.15) is 27.7 Å². The molecule has 0 saturated carbocycles. The summed E-state index contributed by atoms with van der Waals surface area (Å²) in [6.07, 6.45) is -6.52. The van der Waals surface area contributed by atoms with Crippen molar-refractivity contribution < 1.29 is 42.9 Å². The molecule has 0 bridgehead atoms. The van der Waals surface area contributed by atoms with Gasteiger partial charge in [0.05, 0.1) is 0 Å². The molecule has 0 aromatic heterocycles. The van der Waals surface area contributed by atoms with Crippen molar-refractivity contribution >= 4 is 23.9 Å². The maximum absolute atomic E-state index is 11.5. The molecule has 0 aromatic rings. The largest absolute Gasteiger partial charge is 0.463 e. The number of hydrogen-bond donors (Lipinski definition) is 0. The lowest BCUT2D eigenvalue weighted by molar-refractivity contribution is -0.251. The van der Waals surface area contributed by atoms with Crippen molar-refractivity contribution in [3.05, 3.63) is 10.4 Å². The second kappa shape index (κ2) is 9.59. The summed E-state index contributed by atoms with van der Waals surface area (Å²) in [5.74, 6) is -2.92. The van der Waals surface area contributed by atoms with E-state index >= 15 is 0 Å². The predicted molar refractivity (Wildman–Crippen MR) is 81.1 cm³/mol. The van der Waals surface area contributed by atoms with E-state index in [9.17, 15) is 19.2 Å². The maximum atomic E-state index is 11.5. The Morgan fingerprint density at radius 1 is 0.885 bits per heavy atom. The van der Waals surface area contributed by atoms with Crippen LogP contribution in [0.15, 0.2) is 5.11 Å². The Kier molecular flexibility index (Phi) is 7.81. The maximum Gasteiger partial charge on any atom is 0.303 e. The quantitative estimate of drug-likeness (QED) is 0.210. The van der Waals surface area contributed by atoms with E-state index in [1.807, 2.05) is 0 Å². The lowest BCUT2D eigenvalue weighted by Gasteiger charge is -2.43. The summed E-state index contributed by atoms with van der Waals surface area (Å²) >= 11 is 0. The van der Waals surface area contributed by atoms with Gasteiger partial charge in [0.25, 0.3) is 0 Å². The average molecular weight is 373 g/mol. The topological polar surface area (TPSA) is 163 Å². The number of nitrogens with zero attached hydrogens (tertiary/aromatic N) is 3. The van der Waals surface area contributed by atoms with E-state index in [0.29, 0.717) is 0 Å². The van der Waals surface area contributed by atoms with Gasteiger partial charge in [-0.1, -0.05) is 5.11 Å². The third-order valence-corrected chi connectivity index (χ3v) is 3.13. The minimum atomic E-state index is -1.40. The molecule has 1 rings (SSSR count). The molecule has 26 heavy (non-hydrogen) atoms. The summed E-state index contributed by atoms with van der Waals surface area (Å²) in [5, 5.41) is 3.38. The van der Waals surface area contributed by atoms with Crippen LogP contribution in [0.4, 0.5) is 0 Å². The Morgan fingerprint density at radius 2 is 1.38 bits per heavy atom. The fourth-order valence-electron chi connectivity index (χ4n) is 2.35. The molecule has 1 heterocycles. The first kappa shape index (κ1) is 21.2. The monoisotopic (exact) mass is 373 g/mol. The molecule has 0 radical (unpaired) electrons. The highest BCUT2D eigenvalue weighted by Crippen LogP contribution is 2.29. The van der Waals surface area contributed by atoms with Crippen LogP contribution in [0.5, 0.6) is 0 Å². The predicted octanol–water partition coefficient (Wildman–Crippen LogP) is 0.380. The van der Waals surface area contributed by atoms with Gasteiger partial charge in [-0.2, -0.15) is 0 Å². The molecule has 0 amide bonds.